The summed E-state index contributed by atoms with van der Waals surface area (Å²) in [6.45, 7) is 4.78. The molecule has 0 saturated carbocycles. The van der Waals surface area contributed by atoms with Crippen molar-refractivity contribution in [2.45, 2.75) is 6.92 Å². The molecule has 0 radical (unpaired) electrons. The van der Waals surface area contributed by atoms with Crippen molar-refractivity contribution < 1.29 is 4.74 Å². The van der Waals surface area contributed by atoms with Crippen LogP contribution >= 0.6 is 11.6 Å². The van der Waals surface area contributed by atoms with Crippen LogP contribution in [-0.2, 0) is 4.74 Å². The first kappa shape index (κ1) is 20.1. The van der Waals surface area contributed by atoms with Gasteiger partial charge < -0.3 is 15.0 Å². The number of rotatable bonds is 6. The first-order valence-electron chi connectivity index (χ1n) is 9.63. The van der Waals surface area contributed by atoms with E-state index in [0.29, 0.717) is 36.1 Å². The number of nitrogens with one attached hydrogen (secondary N) is 2. The largest absolute Gasteiger partial charge is 0.378 e. The number of benzene rings is 2. The van der Waals surface area contributed by atoms with Crippen molar-refractivity contribution >= 4 is 41.3 Å². The van der Waals surface area contributed by atoms with Crippen LogP contribution in [0.15, 0.2) is 53.6 Å². The van der Waals surface area contributed by atoms with Gasteiger partial charge in [-0.25, -0.2) is 5.43 Å². The topological polar surface area (TPSA) is 87.6 Å². The maximum absolute atomic E-state index is 5.92. The van der Waals surface area contributed by atoms with Gasteiger partial charge in [-0.1, -0.05) is 41.4 Å². The predicted molar refractivity (Wildman–Crippen MR) is 120 cm³/mol. The Balaban J connectivity index is 1.55. The van der Waals surface area contributed by atoms with Gasteiger partial charge in [0.25, 0.3) is 0 Å². The highest BCUT2D eigenvalue weighted by atomic mass is 35.5. The lowest BCUT2D eigenvalue weighted by molar-refractivity contribution is 0.122. The van der Waals surface area contributed by atoms with Crippen LogP contribution in [0.1, 0.15) is 11.1 Å². The first-order chi connectivity index (χ1) is 14.7. The zero-order valence-electron chi connectivity index (χ0n) is 16.5. The van der Waals surface area contributed by atoms with Crippen molar-refractivity contribution in [3.05, 3.63) is 64.7 Å². The third-order valence-electron chi connectivity index (χ3n) is 4.47. The Labute approximate surface area is 180 Å². The number of anilines is 4. The van der Waals surface area contributed by atoms with Gasteiger partial charge in [-0.3, -0.25) is 0 Å². The molecular weight excluding hydrogens is 402 g/mol. The Hall–Kier alpha value is -3.23. The summed E-state index contributed by atoms with van der Waals surface area (Å²) in [5.41, 5.74) is 5.89. The number of hydrogen-bond donors (Lipinski definition) is 2. The molecule has 2 heterocycles. The van der Waals surface area contributed by atoms with Gasteiger partial charge in [0.15, 0.2) is 0 Å². The second kappa shape index (κ2) is 9.51. The van der Waals surface area contributed by atoms with E-state index >= 15 is 0 Å². The van der Waals surface area contributed by atoms with Crippen LogP contribution in [0.3, 0.4) is 0 Å². The minimum Gasteiger partial charge on any atom is -0.378 e. The van der Waals surface area contributed by atoms with Crippen molar-refractivity contribution in [3.8, 4) is 0 Å². The van der Waals surface area contributed by atoms with Crippen LogP contribution in [0, 0.1) is 6.92 Å². The minimum absolute atomic E-state index is 0.353. The molecule has 30 heavy (non-hydrogen) atoms. The van der Waals surface area contributed by atoms with Crippen molar-refractivity contribution in [1.82, 2.24) is 15.0 Å². The number of hydrazone groups is 1. The van der Waals surface area contributed by atoms with E-state index in [9.17, 15) is 0 Å². The monoisotopic (exact) mass is 423 g/mol. The average Bonchev–Trinajstić information content (AvgIpc) is 2.77. The van der Waals surface area contributed by atoms with Crippen molar-refractivity contribution in [1.29, 1.82) is 0 Å². The highest BCUT2D eigenvalue weighted by Crippen LogP contribution is 2.19. The van der Waals surface area contributed by atoms with Crippen LogP contribution in [0.4, 0.5) is 23.5 Å². The zero-order chi connectivity index (χ0) is 20.8. The fourth-order valence-corrected chi connectivity index (χ4v) is 2.98. The van der Waals surface area contributed by atoms with Crippen LogP contribution < -0.4 is 15.6 Å². The normalized spacial score (nSPS) is 14.1. The quantitative estimate of drug-likeness (QED) is 0.459. The molecule has 0 aliphatic carbocycles. The molecule has 2 N–H and O–H groups in total. The van der Waals surface area contributed by atoms with E-state index < -0.39 is 0 Å². The molecule has 1 aliphatic rings. The summed E-state index contributed by atoms with van der Waals surface area (Å²) in [6, 6.07) is 15.4. The Kier molecular flexibility index (Phi) is 6.36. The summed E-state index contributed by atoms with van der Waals surface area (Å²) < 4.78 is 5.43. The van der Waals surface area contributed by atoms with E-state index in [-0.39, 0.29) is 0 Å². The Morgan fingerprint density at radius 1 is 0.967 bits per heavy atom. The third kappa shape index (κ3) is 5.43. The van der Waals surface area contributed by atoms with Crippen molar-refractivity contribution in [3.63, 3.8) is 0 Å². The molecule has 8 nitrogen and oxygen atoms in total. The van der Waals surface area contributed by atoms with E-state index in [2.05, 4.69) is 35.7 Å². The molecule has 1 fully saturated rings. The molecule has 0 spiro atoms. The molecule has 1 saturated heterocycles. The van der Waals surface area contributed by atoms with Gasteiger partial charge in [-0.15, -0.1) is 0 Å². The molecule has 154 valence electrons. The van der Waals surface area contributed by atoms with E-state index in [4.69, 9.17) is 16.3 Å². The van der Waals surface area contributed by atoms with Gasteiger partial charge in [-0.2, -0.15) is 20.1 Å². The Morgan fingerprint density at radius 3 is 2.40 bits per heavy atom. The van der Waals surface area contributed by atoms with E-state index in [1.165, 1.54) is 5.56 Å². The molecule has 1 aliphatic heterocycles. The maximum Gasteiger partial charge on any atom is 0.250 e. The smallest absolute Gasteiger partial charge is 0.250 e. The van der Waals surface area contributed by atoms with Gasteiger partial charge in [0.05, 0.1) is 19.4 Å². The fraction of sp³-hybridized carbons (Fsp3) is 0.238. The number of halogens is 1. The van der Waals surface area contributed by atoms with E-state index in [1.54, 1.807) is 6.21 Å². The maximum atomic E-state index is 5.92. The highest BCUT2D eigenvalue weighted by Gasteiger charge is 2.16. The lowest BCUT2D eigenvalue weighted by Gasteiger charge is -2.27. The number of aromatic nitrogens is 3. The van der Waals surface area contributed by atoms with Gasteiger partial charge >= 0.3 is 0 Å². The SMILES string of the molecule is Cc1ccc(Nc2nc(NN=Cc3ccc(Cl)cc3)nc(N3CCOCC3)n2)cc1. The zero-order valence-corrected chi connectivity index (χ0v) is 17.3. The molecule has 0 unspecified atom stereocenters. The van der Waals surface area contributed by atoms with Crippen LogP contribution in [-0.4, -0.2) is 47.5 Å². The second-order valence-electron chi connectivity index (χ2n) is 6.79. The summed E-state index contributed by atoms with van der Waals surface area (Å²) in [5, 5.41) is 8.16. The van der Waals surface area contributed by atoms with Crippen LogP contribution in [0.25, 0.3) is 0 Å². The van der Waals surface area contributed by atoms with Gasteiger partial charge in [-0.05, 0) is 36.8 Å². The summed E-state index contributed by atoms with van der Waals surface area (Å²) >= 11 is 5.92. The van der Waals surface area contributed by atoms with Gasteiger partial charge in [0.1, 0.15) is 0 Å². The Morgan fingerprint density at radius 2 is 1.67 bits per heavy atom. The molecular formula is C21H22ClN7O. The Bertz CT molecular complexity index is 1000. The lowest BCUT2D eigenvalue weighted by atomic mass is 10.2. The fourth-order valence-electron chi connectivity index (χ4n) is 2.85. The average molecular weight is 424 g/mol. The minimum atomic E-state index is 0.353. The van der Waals surface area contributed by atoms with Gasteiger partial charge in [0.2, 0.25) is 17.8 Å². The number of ether oxygens (including phenoxy) is 1. The van der Waals surface area contributed by atoms with Crippen molar-refractivity contribution in [2.24, 2.45) is 5.10 Å². The molecule has 0 atom stereocenters. The third-order valence-corrected chi connectivity index (χ3v) is 4.73. The molecule has 0 bridgehead atoms. The lowest BCUT2D eigenvalue weighted by Crippen LogP contribution is -2.37. The standard InChI is InChI=1S/C21H22ClN7O/c1-15-2-8-18(9-3-15)24-19-25-20(27-21(26-19)29-10-12-30-13-11-29)28-23-14-16-4-6-17(22)7-5-16/h2-9,14H,10-13H2,1H3,(H2,24,25,26,27,28). The number of nitrogens with zero attached hydrogens (tertiary/aromatic N) is 5. The summed E-state index contributed by atoms with van der Waals surface area (Å²) in [4.78, 5) is 15.6. The van der Waals surface area contributed by atoms with Gasteiger partial charge in [0, 0.05) is 23.8 Å². The molecule has 0 amide bonds. The molecule has 3 aromatic rings. The molecule has 4 rings (SSSR count). The summed E-state index contributed by atoms with van der Waals surface area (Å²) in [6.07, 6.45) is 1.68. The van der Waals surface area contributed by atoms with Crippen LogP contribution in [0.2, 0.25) is 5.02 Å². The first-order valence-corrected chi connectivity index (χ1v) is 10.0. The molecule has 9 heteroatoms. The summed E-state index contributed by atoms with van der Waals surface area (Å²) in [5.74, 6) is 1.37. The second-order valence-corrected chi connectivity index (χ2v) is 7.23. The van der Waals surface area contributed by atoms with E-state index in [0.717, 1.165) is 24.3 Å². The number of morpholine rings is 1. The van der Waals surface area contributed by atoms with Crippen LogP contribution in [0.5, 0.6) is 0 Å². The van der Waals surface area contributed by atoms with Crippen molar-refractivity contribution in [2.75, 3.05) is 41.9 Å². The predicted octanol–water partition coefficient (Wildman–Crippen LogP) is 3.86. The number of aryl methyl sites for hydroxylation is 1. The van der Waals surface area contributed by atoms with E-state index in [1.807, 2.05) is 55.5 Å². The highest BCUT2D eigenvalue weighted by molar-refractivity contribution is 6.30. The molecule has 1 aromatic heterocycles. The number of hydrogen-bond acceptors (Lipinski definition) is 8. The summed E-state index contributed by atoms with van der Waals surface area (Å²) in [7, 11) is 0. The molecule has 2 aromatic carbocycles.